The summed E-state index contributed by atoms with van der Waals surface area (Å²) in [4.78, 5) is 7.30. The first-order valence-corrected chi connectivity index (χ1v) is 8.13. The van der Waals surface area contributed by atoms with Gasteiger partial charge in [0.2, 0.25) is 0 Å². The summed E-state index contributed by atoms with van der Waals surface area (Å²) in [6.07, 6.45) is 6.86. The maximum absolute atomic E-state index is 4.76. The van der Waals surface area contributed by atoms with Crippen molar-refractivity contribution in [1.29, 1.82) is 0 Å². The maximum atomic E-state index is 4.76. The summed E-state index contributed by atoms with van der Waals surface area (Å²) >= 11 is 0. The van der Waals surface area contributed by atoms with E-state index < -0.39 is 0 Å². The Bertz CT molecular complexity index is 365. The minimum atomic E-state index is 0.474. The third-order valence-electron chi connectivity index (χ3n) is 5.89. The van der Waals surface area contributed by atoms with Crippen molar-refractivity contribution >= 4 is 5.96 Å². The molecule has 1 N–H and O–H groups in total. The quantitative estimate of drug-likeness (QED) is 0.829. The summed E-state index contributed by atoms with van der Waals surface area (Å²) in [7, 11) is 0. The van der Waals surface area contributed by atoms with Crippen LogP contribution in [0.3, 0.4) is 0 Å². The topological polar surface area (TPSA) is 27.6 Å². The molecule has 0 aromatic heterocycles. The van der Waals surface area contributed by atoms with E-state index in [-0.39, 0.29) is 0 Å². The van der Waals surface area contributed by atoms with Crippen molar-refractivity contribution in [2.75, 3.05) is 19.6 Å². The summed E-state index contributed by atoms with van der Waals surface area (Å²) in [6.45, 7) is 10.5. The average molecular weight is 263 g/mol. The lowest BCUT2D eigenvalue weighted by atomic mass is 9.81. The van der Waals surface area contributed by atoms with Gasteiger partial charge in [-0.2, -0.15) is 0 Å². The smallest absolute Gasteiger partial charge is 0.194 e. The van der Waals surface area contributed by atoms with Crippen molar-refractivity contribution in [3.8, 4) is 0 Å². The molecular weight excluding hydrogens is 234 g/mol. The molecule has 0 spiro atoms. The molecule has 1 aliphatic carbocycles. The highest BCUT2D eigenvalue weighted by molar-refractivity contribution is 5.82. The van der Waals surface area contributed by atoms with Crippen LogP contribution in [0.1, 0.15) is 52.9 Å². The molecule has 0 aromatic carbocycles. The fourth-order valence-electron chi connectivity index (χ4n) is 4.05. The van der Waals surface area contributed by atoms with Crippen molar-refractivity contribution in [3.63, 3.8) is 0 Å². The van der Waals surface area contributed by atoms with Crippen LogP contribution < -0.4 is 5.32 Å². The van der Waals surface area contributed by atoms with Crippen molar-refractivity contribution in [1.82, 2.24) is 10.2 Å². The Morgan fingerprint density at radius 1 is 1.32 bits per heavy atom. The first-order chi connectivity index (χ1) is 9.08. The second-order valence-electron chi connectivity index (χ2n) is 7.45. The van der Waals surface area contributed by atoms with Crippen LogP contribution in [-0.4, -0.2) is 36.5 Å². The van der Waals surface area contributed by atoms with Gasteiger partial charge in [-0.1, -0.05) is 33.6 Å². The molecule has 4 unspecified atom stereocenters. The Labute approximate surface area is 117 Å². The highest BCUT2D eigenvalue weighted by atomic mass is 15.4. The van der Waals surface area contributed by atoms with E-state index in [4.69, 9.17) is 4.99 Å². The van der Waals surface area contributed by atoms with Gasteiger partial charge in [-0.3, -0.25) is 4.99 Å². The zero-order valence-corrected chi connectivity index (χ0v) is 12.8. The normalized spacial score (nSPS) is 42.2. The van der Waals surface area contributed by atoms with Crippen molar-refractivity contribution in [2.45, 2.75) is 58.9 Å². The Hall–Kier alpha value is -0.730. The molecule has 108 valence electrons. The zero-order valence-electron chi connectivity index (χ0n) is 12.8. The molecule has 3 aliphatic rings. The number of nitrogens with one attached hydrogen (secondary N) is 1. The summed E-state index contributed by atoms with van der Waals surface area (Å²) < 4.78 is 0. The predicted molar refractivity (Wildman–Crippen MR) is 80.3 cm³/mol. The Morgan fingerprint density at radius 2 is 2.16 bits per heavy atom. The first kappa shape index (κ1) is 13.3. The lowest BCUT2D eigenvalue weighted by Gasteiger charge is -2.37. The molecule has 1 saturated heterocycles. The number of hydrogen-bond acceptors (Lipinski definition) is 3. The molecule has 19 heavy (non-hydrogen) atoms. The van der Waals surface area contributed by atoms with E-state index in [1.54, 1.807) is 0 Å². The second-order valence-corrected chi connectivity index (χ2v) is 7.45. The van der Waals surface area contributed by atoms with Crippen LogP contribution in [0.25, 0.3) is 0 Å². The van der Waals surface area contributed by atoms with Gasteiger partial charge < -0.3 is 10.2 Å². The number of fused-ring (bicyclic) bond motifs is 1. The van der Waals surface area contributed by atoms with E-state index in [0.717, 1.165) is 24.9 Å². The lowest BCUT2D eigenvalue weighted by Crippen LogP contribution is -2.50. The van der Waals surface area contributed by atoms with Gasteiger partial charge in [0.05, 0.1) is 12.6 Å². The molecule has 2 heterocycles. The molecular formula is C16H29N3. The fourth-order valence-corrected chi connectivity index (χ4v) is 4.05. The standard InChI is InChI=1S/C16H29N3/c1-12-6-7-14-9-17-15(19(14)10-12)18-11-16(3)8-4-5-13(16)2/h12-14H,4-11H2,1-3H3,(H,17,18). The van der Waals surface area contributed by atoms with Crippen molar-refractivity contribution in [2.24, 2.45) is 22.2 Å². The third-order valence-corrected chi connectivity index (χ3v) is 5.89. The summed E-state index contributed by atoms with van der Waals surface area (Å²) in [5.74, 6) is 2.86. The maximum Gasteiger partial charge on any atom is 0.194 e. The van der Waals surface area contributed by atoms with E-state index in [1.807, 2.05) is 0 Å². The van der Waals surface area contributed by atoms with Crippen LogP contribution >= 0.6 is 0 Å². The number of rotatable bonds is 2. The first-order valence-electron chi connectivity index (χ1n) is 8.13. The second kappa shape index (κ2) is 4.99. The molecule has 1 saturated carbocycles. The van der Waals surface area contributed by atoms with Crippen molar-refractivity contribution < 1.29 is 0 Å². The van der Waals surface area contributed by atoms with Gasteiger partial charge in [-0.05, 0) is 36.5 Å². The average Bonchev–Trinajstić information content (AvgIpc) is 2.92. The predicted octanol–water partition coefficient (Wildman–Crippen LogP) is 2.87. The monoisotopic (exact) mass is 263 g/mol. The van der Waals surface area contributed by atoms with Gasteiger partial charge in [-0.25, -0.2) is 0 Å². The van der Waals surface area contributed by atoms with E-state index in [2.05, 4.69) is 31.0 Å². The molecule has 4 atom stereocenters. The number of guanidine groups is 1. The van der Waals surface area contributed by atoms with Crippen LogP contribution in [0.15, 0.2) is 4.99 Å². The fraction of sp³-hybridized carbons (Fsp3) is 0.938. The van der Waals surface area contributed by atoms with Crippen LogP contribution in [0.2, 0.25) is 0 Å². The minimum Gasteiger partial charge on any atom is -0.356 e. The molecule has 0 amide bonds. The van der Waals surface area contributed by atoms with Gasteiger partial charge in [0.1, 0.15) is 0 Å². The Morgan fingerprint density at radius 3 is 2.89 bits per heavy atom. The van der Waals surface area contributed by atoms with Crippen LogP contribution in [0.4, 0.5) is 0 Å². The molecule has 3 nitrogen and oxygen atoms in total. The lowest BCUT2D eigenvalue weighted by molar-refractivity contribution is 0.203. The molecule has 0 bridgehead atoms. The highest BCUT2D eigenvalue weighted by Crippen LogP contribution is 2.42. The zero-order chi connectivity index (χ0) is 13.5. The molecule has 3 heteroatoms. The molecule has 0 aromatic rings. The highest BCUT2D eigenvalue weighted by Gasteiger charge is 2.37. The van der Waals surface area contributed by atoms with E-state index >= 15 is 0 Å². The Balaban J connectivity index is 1.58. The van der Waals surface area contributed by atoms with Gasteiger partial charge in [-0.15, -0.1) is 0 Å². The van der Waals surface area contributed by atoms with E-state index in [9.17, 15) is 0 Å². The largest absolute Gasteiger partial charge is 0.356 e. The number of hydrogen-bond donors (Lipinski definition) is 1. The summed E-state index contributed by atoms with van der Waals surface area (Å²) in [5, 5.41) is 3.69. The van der Waals surface area contributed by atoms with Crippen LogP contribution in [0.5, 0.6) is 0 Å². The van der Waals surface area contributed by atoms with Gasteiger partial charge >= 0.3 is 0 Å². The number of aliphatic imine (C=N–C) groups is 1. The third kappa shape index (κ3) is 2.48. The molecule has 2 fully saturated rings. The number of piperidine rings is 1. The van der Waals surface area contributed by atoms with Gasteiger partial charge in [0.15, 0.2) is 5.96 Å². The van der Waals surface area contributed by atoms with E-state index in [0.29, 0.717) is 11.5 Å². The van der Waals surface area contributed by atoms with Crippen LogP contribution in [-0.2, 0) is 0 Å². The minimum absolute atomic E-state index is 0.474. The summed E-state index contributed by atoms with van der Waals surface area (Å²) in [6, 6.07) is 0.688. The molecule has 3 rings (SSSR count). The van der Waals surface area contributed by atoms with E-state index in [1.165, 1.54) is 44.6 Å². The van der Waals surface area contributed by atoms with Gasteiger partial charge in [0.25, 0.3) is 0 Å². The SMILES string of the molecule is CC1CCC2CN=C(NCC3(C)CCCC3C)N2C1. The van der Waals surface area contributed by atoms with Gasteiger partial charge in [0, 0.05) is 13.1 Å². The van der Waals surface area contributed by atoms with Crippen LogP contribution in [0, 0.1) is 17.3 Å². The molecule has 0 radical (unpaired) electrons. The van der Waals surface area contributed by atoms with Crippen molar-refractivity contribution in [3.05, 3.63) is 0 Å². The Kier molecular flexibility index (Phi) is 3.48. The summed E-state index contributed by atoms with van der Waals surface area (Å²) in [5.41, 5.74) is 0.474. The molecule has 2 aliphatic heterocycles. The number of nitrogens with zero attached hydrogens (tertiary/aromatic N) is 2.